The lowest BCUT2D eigenvalue weighted by molar-refractivity contribution is -0.0281. The standard InChI is InChI=1S/C22H30N2O3S/c1-5-24-12-13-27-22(15-24)19-8-11-21(17(4)14-19)23-28(25,26)20-9-6-18(7-10-20)16(2)3/h6-11,14,16,22-23H,5,12-13,15H2,1-4H3/t22-/m0/s1. The fourth-order valence-corrected chi connectivity index (χ4v) is 4.56. The highest BCUT2D eigenvalue weighted by Crippen LogP contribution is 2.27. The molecule has 0 aliphatic carbocycles. The molecule has 0 aromatic heterocycles. The molecule has 0 spiro atoms. The van der Waals surface area contributed by atoms with Gasteiger partial charge in [-0.1, -0.05) is 45.0 Å². The zero-order valence-corrected chi connectivity index (χ0v) is 17.9. The van der Waals surface area contributed by atoms with E-state index in [0.29, 0.717) is 11.6 Å². The Balaban J connectivity index is 1.76. The van der Waals surface area contributed by atoms with Crippen molar-refractivity contribution in [3.8, 4) is 0 Å². The van der Waals surface area contributed by atoms with Gasteiger partial charge in [0.1, 0.15) is 0 Å². The molecule has 152 valence electrons. The van der Waals surface area contributed by atoms with Gasteiger partial charge in [-0.2, -0.15) is 0 Å². The lowest BCUT2D eigenvalue weighted by Gasteiger charge is -2.32. The number of ether oxygens (including phenoxy) is 1. The van der Waals surface area contributed by atoms with Crippen LogP contribution in [0.2, 0.25) is 0 Å². The first-order valence-corrected chi connectivity index (χ1v) is 11.4. The number of benzene rings is 2. The van der Waals surface area contributed by atoms with Gasteiger partial charge in [0.15, 0.2) is 0 Å². The molecule has 5 nitrogen and oxygen atoms in total. The Hall–Kier alpha value is -1.89. The fraction of sp³-hybridized carbons (Fsp3) is 0.455. The number of nitrogens with one attached hydrogen (secondary N) is 1. The third kappa shape index (κ3) is 4.74. The monoisotopic (exact) mass is 402 g/mol. The van der Waals surface area contributed by atoms with Crippen LogP contribution in [-0.2, 0) is 14.8 Å². The average Bonchev–Trinajstić information content (AvgIpc) is 2.69. The first-order valence-electron chi connectivity index (χ1n) is 9.87. The van der Waals surface area contributed by atoms with Crippen LogP contribution in [0.5, 0.6) is 0 Å². The van der Waals surface area contributed by atoms with Crippen LogP contribution in [0.4, 0.5) is 5.69 Å². The van der Waals surface area contributed by atoms with Crippen LogP contribution in [0.25, 0.3) is 0 Å². The van der Waals surface area contributed by atoms with Gasteiger partial charge in [-0.3, -0.25) is 9.62 Å². The van der Waals surface area contributed by atoms with Gasteiger partial charge in [0.2, 0.25) is 0 Å². The zero-order valence-electron chi connectivity index (χ0n) is 17.1. The number of rotatable bonds is 6. The second-order valence-electron chi connectivity index (χ2n) is 7.66. The molecule has 1 aliphatic heterocycles. The molecule has 6 heteroatoms. The van der Waals surface area contributed by atoms with E-state index in [-0.39, 0.29) is 11.0 Å². The Kier molecular flexibility index (Phi) is 6.43. The van der Waals surface area contributed by atoms with Crippen LogP contribution in [-0.4, -0.2) is 39.6 Å². The number of hydrogen-bond donors (Lipinski definition) is 1. The van der Waals surface area contributed by atoms with Gasteiger partial charge in [0, 0.05) is 13.1 Å². The predicted octanol–water partition coefficient (Wildman–Crippen LogP) is 4.31. The van der Waals surface area contributed by atoms with Crippen molar-refractivity contribution in [1.29, 1.82) is 0 Å². The number of nitrogens with zero attached hydrogens (tertiary/aromatic N) is 1. The van der Waals surface area contributed by atoms with Gasteiger partial charge in [-0.05, 0) is 54.3 Å². The molecule has 1 fully saturated rings. The SMILES string of the molecule is CCN1CCO[C@H](c2ccc(NS(=O)(=O)c3ccc(C(C)C)cc3)c(C)c2)C1. The third-order valence-electron chi connectivity index (χ3n) is 5.32. The van der Waals surface area contributed by atoms with Crippen molar-refractivity contribution in [1.82, 2.24) is 4.90 Å². The van der Waals surface area contributed by atoms with E-state index in [9.17, 15) is 8.42 Å². The predicted molar refractivity (Wildman–Crippen MR) is 113 cm³/mol. The van der Waals surface area contributed by atoms with Crippen LogP contribution in [0.3, 0.4) is 0 Å². The summed E-state index contributed by atoms with van der Waals surface area (Å²) in [6.07, 6.45) is 0.0293. The molecule has 0 bridgehead atoms. The van der Waals surface area contributed by atoms with E-state index in [1.807, 2.05) is 37.3 Å². The van der Waals surface area contributed by atoms with E-state index in [4.69, 9.17) is 4.74 Å². The topological polar surface area (TPSA) is 58.6 Å². The molecule has 28 heavy (non-hydrogen) atoms. The average molecular weight is 403 g/mol. The molecular weight excluding hydrogens is 372 g/mol. The van der Waals surface area contributed by atoms with Crippen LogP contribution in [0, 0.1) is 6.92 Å². The van der Waals surface area contributed by atoms with Crippen LogP contribution in [0.1, 0.15) is 49.5 Å². The number of likely N-dealkylation sites (N-methyl/N-ethyl adjacent to an activating group) is 1. The molecule has 1 atom stereocenters. The Morgan fingerprint density at radius 1 is 1.18 bits per heavy atom. The van der Waals surface area contributed by atoms with E-state index in [1.165, 1.54) is 0 Å². The largest absolute Gasteiger partial charge is 0.371 e. The highest BCUT2D eigenvalue weighted by atomic mass is 32.2. The van der Waals surface area contributed by atoms with Crippen molar-refractivity contribution >= 4 is 15.7 Å². The van der Waals surface area contributed by atoms with Crippen LogP contribution >= 0.6 is 0 Å². The van der Waals surface area contributed by atoms with Crippen molar-refractivity contribution in [2.75, 3.05) is 31.0 Å². The molecule has 1 saturated heterocycles. The molecule has 0 amide bonds. The van der Waals surface area contributed by atoms with E-state index in [2.05, 4.69) is 30.4 Å². The molecule has 0 saturated carbocycles. The summed E-state index contributed by atoms with van der Waals surface area (Å²) in [5, 5.41) is 0. The highest BCUT2D eigenvalue weighted by molar-refractivity contribution is 7.92. The van der Waals surface area contributed by atoms with E-state index in [0.717, 1.165) is 42.9 Å². The minimum Gasteiger partial charge on any atom is -0.371 e. The summed E-state index contributed by atoms with van der Waals surface area (Å²) in [5.41, 5.74) is 3.69. The minimum absolute atomic E-state index is 0.0293. The maximum atomic E-state index is 12.8. The number of anilines is 1. The highest BCUT2D eigenvalue weighted by Gasteiger charge is 2.22. The first-order chi connectivity index (χ1) is 13.3. The number of sulfonamides is 1. The summed E-state index contributed by atoms with van der Waals surface area (Å²) in [4.78, 5) is 2.63. The molecule has 1 heterocycles. The van der Waals surface area contributed by atoms with Gasteiger partial charge in [0.05, 0.1) is 23.3 Å². The van der Waals surface area contributed by atoms with Gasteiger partial charge >= 0.3 is 0 Å². The number of morpholine rings is 1. The number of aryl methyl sites for hydroxylation is 1. The quantitative estimate of drug-likeness (QED) is 0.782. The second-order valence-corrected chi connectivity index (χ2v) is 9.34. The molecule has 2 aromatic carbocycles. The minimum atomic E-state index is -3.62. The normalized spacial score (nSPS) is 18.4. The molecule has 2 aromatic rings. The summed E-state index contributed by atoms with van der Waals surface area (Å²) < 4.78 is 34.2. The van der Waals surface area contributed by atoms with Gasteiger partial charge in [-0.25, -0.2) is 8.42 Å². The molecular formula is C22H30N2O3S. The van der Waals surface area contributed by atoms with E-state index < -0.39 is 10.0 Å². The van der Waals surface area contributed by atoms with Gasteiger partial charge in [-0.15, -0.1) is 0 Å². The summed E-state index contributed by atoms with van der Waals surface area (Å²) in [6.45, 7) is 11.8. The van der Waals surface area contributed by atoms with E-state index >= 15 is 0 Å². The van der Waals surface area contributed by atoms with Crippen molar-refractivity contribution in [3.63, 3.8) is 0 Å². The molecule has 0 unspecified atom stereocenters. The first kappa shape index (κ1) is 20.8. The molecule has 3 rings (SSSR count). The summed E-state index contributed by atoms with van der Waals surface area (Å²) in [5.74, 6) is 0.366. The van der Waals surface area contributed by atoms with Gasteiger partial charge < -0.3 is 4.74 Å². The van der Waals surface area contributed by atoms with Crippen molar-refractivity contribution in [3.05, 3.63) is 59.2 Å². The lowest BCUT2D eigenvalue weighted by Crippen LogP contribution is -2.38. The summed E-state index contributed by atoms with van der Waals surface area (Å²) in [6, 6.07) is 12.9. The van der Waals surface area contributed by atoms with Crippen molar-refractivity contribution in [2.24, 2.45) is 0 Å². The van der Waals surface area contributed by atoms with Crippen LogP contribution < -0.4 is 4.72 Å². The van der Waals surface area contributed by atoms with Crippen molar-refractivity contribution in [2.45, 2.75) is 44.6 Å². The Labute approximate surface area is 168 Å². The number of hydrogen-bond acceptors (Lipinski definition) is 4. The fourth-order valence-electron chi connectivity index (χ4n) is 3.43. The Bertz CT molecular complexity index is 908. The molecule has 1 N–H and O–H groups in total. The summed E-state index contributed by atoms with van der Waals surface area (Å²) >= 11 is 0. The zero-order chi connectivity index (χ0) is 20.3. The molecule has 0 radical (unpaired) electrons. The lowest BCUT2D eigenvalue weighted by atomic mass is 10.0. The molecule has 1 aliphatic rings. The van der Waals surface area contributed by atoms with Gasteiger partial charge in [0.25, 0.3) is 10.0 Å². The van der Waals surface area contributed by atoms with Crippen molar-refractivity contribution < 1.29 is 13.2 Å². The third-order valence-corrected chi connectivity index (χ3v) is 6.70. The maximum absolute atomic E-state index is 12.8. The maximum Gasteiger partial charge on any atom is 0.261 e. The summed E-state index contributed by atoms with van der Waals surface area (Å²) in [7, 11) is -3.62. The Morgan fingerprint density at radius 3 is 2.50 bits per heavy atom. The Morgan fingerprint density at radius 2 is 1.89 bits per heavy atom. The van der Waals surface area contributed by atoms with E-state index in [1.54, 1.807) is 12.1 Å². The van der Waals surface area contributed by atoms with Crippen LogP contribution in [0.15, 0.2) is 47.4 Å². The smallest absolute Gasteiger partial charge is 0.261 e. The second kappa shape index (κ2) is 8.64.